The molecule has 0 aliphatic heterocycles. The number of nitrogens with zero attached hydrogens (tertiary/aromatic N) is 2. The first-order valence-electron chi connectivity index (χ1n) is 9.46. The van der Waals surface area contributed by atoms with Crippen LogP contribution in [-0.2, 0) is 14.3 Å². The summed E-state index contributed by atoms with van der Waals surface area (Å²) in [6.45, 7) is -0.394. The van der Waals surface area contributed by atoms with Gasteiger partial charge >= 0.3 is 11.9 Å². The lowest BCUT2D eigenvalue weighted by Gasteiger charge is -2.13. The molecule has 1 heterocycles. The van der Waals surface area contributed by atoms with Crippen molar-refractivity contribution in [1.29, 1.82) is 0 Å². The third-order valence-electron chi connectivity index (χ3n) is 4.53. The first-order valence-corrected chi connectivity index (χ1v) is 9.84. The number of primary amides is 1. The van der Waals surface area contributed by atoms with Crippen molar-refractivity contribution in [2.75, 3.05) is 27.9 Å². The Morgan fingerprint density at radius 1 is 1.00 bits per heavy atom. The van der Waals surface area contributed by atoms with Crippen LogP contribution in [0.1, 0.15) is 20.8 Å². The van der Waals surface area contributed by atoms with Gasteiger partial charge in [-0.1, -0.05) is 29.8 Å². The number of benzene rings is 2. The Kier molecular flexibility index (Phi) is 7.19. The van der Waals surface area contributed by atoms with Crippen molar-refractivity contribution in [3.8, 4) is 28.4 Å². The lowest BCUT2D eigenvalue weighted by molar-refractivity contribution is -0.119. The topological polar surface area (TPSA) is 132 Å². The Balaban J connectivity index is 2.30. The molecule has 10 nitrogen and oxygen atoms in total. The summed E-state index contributed by atoms with van der Waals surface area (Å²) in [5.41, 5.74) is 5.64. The SMILES string of the molecule is COC(=O)c1c(-c2cc(OC)c(OCC(N)=O)cc2Cl)nn(-c2ccccc2)c1C(=O)OC. The van der Waals surface area contributed by atoms with Crippen molar-refractivity contribution in [2.24, 2.45) is 5.73 Å². The van der Waals surface area contributed by atoms with Gasteiger partial charge in [0.1, 0.15) is 11.3 Å². The summed E-state index contributed by atoms with van der Waals surface area (Å²) in [5, 5.41) is 4.59. The zero-order chi connectivity index (χ0) is 24.1. The van der Waals surface area contributed by atoms with E-state index >= 15 is 0 Å². The number of esters is 2. The first-order chi connectivity index (χ1) is 15.8. The normalized spacial score (nSPS) is 10.4. The van der Waals surface area contributed by atoms with Crippen LogP contribution in [0, 0.1) is 0 Å². The van der Waals surface area contributed by atoms with Crippen LogP contribution in [-0.4, -0.2) is 55.6 Å². The van der Waals surface area contributed by atoms with Gasteiger partial charge in [-0.2, -0.15) is 5.10 Å². The predicted molar refractivity (Wildman–Crippen MR) is 118 cm³/mol. The number of nitrogens with two attached hydrogens (primary N) is 1. The van der Waals surface area contributed by atoms with Gasteiger partial charge in [0, 0.05) is 11.6 Å². The fourth-order valence-electron chi connectivity index (χ4n) is 3.08. The van der Waals surface area contributed by atoms with Crippen LogP contribution in [0.15, 0.2) is 42.5 Å². The van der Waals surface area contributed by atoms with Crippen molar-refractivity contribution in [2.45, 2.75) is 0 Å². The van der Waals surface area contributed by atoms with E-state index in [1.54, 1.807) is 30.3 Å². The van der Waals surface area contributed by atoms with E-state index in [4.69, 9.17) is 36.3 Å². The Labute approximate surface area is 193 Å². The van der Waals surface area contributed by atoms with E-state index in [1.165, 1.54) is 38.1 Å². The third-order valence-corrected chi connectivity index (χ3v) is 4.85. The quantitative estimate of drug-likeness (QED) is 0.494. The predicted octanol–water partition coefficient (Wildman–Crippen LogP) is 2.64. The van der Waals surface area contributed by atoms with Gasteiger partial charge in [-0.3, -0.25) is 4.79 Å². The van der Waals surface area contributed by atoms with Crippen LogP contribution in [0.3, 0.4) is 0 Å². The minimum atomic E-state index is -0.823. The van der Waals surface area contributed by atoms with E-state index < -0.39 is 24.5 Å². The second-order valence-corrected chi connectivity index (χ2v) is 6.95. The van der Waals surface area contributed by atoms with Gasteiger partial charge < -0.3 is 24.7 Å². The highest BCUT2D eigenvalue weighted by atomic mass is 35.5. The van der Waals surface area contributed by atoms with Crippen LogP contribution in [0.2, 0.25) is 5.02 Å². The number of carbonyl (C=O) groups is 3. The van der Waals surface area contributed by atoms with E-state index in [0.717, 1.165) is 0 Å². The maximum Gasteiger partial charge on any atom is 0.357 e. The molecule has 0 aliphatic carbocycles. The number of aromatic nitrogens is 2. The lowest BCUT2D eigenvalue weighted by Crippen LogP contribution is -2.20. The number of amides is 1. The molecule has 33 heavy (non-hydrogen) atoms. The molecule has 2 N–H and O–H groups in total. The molecule has 2 aromatic carbocycles. The number of methoxy groups -OCH3 is 3. The molecule has 0 atom stereocenters. The standard InChI is InChI=1S/C22H20ClN3O7/c1-30-15-9-13(14(23)10-16(15)33-11-17(24)27)19-18(21(28)31-2)20(22(29)32-3)26(25-19)12-7-5-4-6-8-12/h4-10H,11H2,1-3H3,(H2,24,27). The lowest BCUT2D eigenvalue weighted by atomic mass is 10.0. The number of para-hydroxylation sites is 1. The van der Waals surface area contributed by atoms with Crippen molar-refractivity contribution in [3.05, 3.63) is 58.7 Å². The number of halogens is 1. The monoisotopic (exact) mass is 473 g/mol. The van der Waals surface area contributed by atoms with Gasteiger partial charge in [-0.25, -0.2) is 14.3 Å². The molecule has 3 rings (SSSR count). The van der Waals surface area contributed by atoms with Crippen LogP contribution in [0.25, 0.3) is 16.9 Å². The van der Waals surface area contributed by atoms with Crippen LogP contribution >= 0.6 is 11.6 Å². The number of rotatable bonds is 8. The average molecular weight is 474 g/mol. The summed E-state index contributed by atoms with van der Waals surface area (Å²) in [6.07, 6.45) is 0. The highest BCUT2D eigenvalue weighted by Gasteiger charge is 2.32. The maximum atomic E-state index is 12.8. The van der Waals surface area contributed by atoms with Crippen LogP contribution < -0.4 is 15.2 Å². The molecule has 3 aromatic rings. The van der Waals surface area contributed by atoms with Gasteiger partial charge in [0.05, 0.1) is 32.0 Å². The Morgan fingerprint density at radius 2 is 1.67 bits per heavy atom. The summed E-state index contributed by atoms with van der Waals surface area (Å²) in [6, 6.07) is 11.5. The molecule has 0 saturated heterocycles. The van der Waals surface area contributed by atoms with E-state index in [9.17, 15) is 14.4 Å². The van der Waals surface area contributed by atoms with Gasteiger partial charge in [0.2, 0.25) is 0 Å². The average Bonchev–Trinajstić information content (AvgIpc) is 3.22. The smallest absolute Gasteiger partial charge is 0.357 e. The number of carbonyl (C=O) groups excluding carboxylic acids is 3. The molecule has 0 saturated carbocycles. The second kappa shape index (κ2) is 10.0. The molecule has 1 aromatic heterocycles. The molecule has 0 unspecified atom stereocenters. The maximum absolute atomic E-state index is 12.8. The summed E-state index contributed by atoms with van der Waals surface area (Å²) in [4.78, 5) is 36.5. The molecule has 0 fully saturated rings. The summed E-state index contributed by atoms with van der Waals surface area (Å²) >= 11 is 6.48. The van der Waals surface area contributed by atoms with Gasteiger partial charge in [0.25, 0.3) is 5.91 Å². The van der Waals surface area contributed by atoms with Gasteiger partial charge in [0.15, 0.2) is 23.8 Å². The highest BCUT2D eigenvalue weighted by Crippen LogP contribution is 2.40. The largest absolute Gasteiger partial charge is 0.493 e. The minimum Gasteiger partial charge on any atom is -0.493 e. The molecule has 0 radical (unpaired) electrons. The number of hydrogen-bond donors (Lipinski definition) is 1. The summed E-state index contributed by atoms with van der Waals surface area (Å²) in [7, 11) is 3.75. The van der Waals surface area contributed by atoms with E-state index in [2.05, 4.69) is 5.10 Å². The molecule has 0 bridgehead atoms. The van der Waals surface area contributed by atoms with Gasteiger partial charge in [-0.05, 0) is 18.2 Å². The minimum absolute atomic E-state index is 0.0517. The third kappa shape index (κ3) is 4.75. The molecule has 0 spiro atoms. The first kappa shape index (κ1) is 23.6. The molecule has 1 amide bonds. The molecule has 11 heteroatoms. The van der Waals surface area contributed by atoms with Crippen molar-refractivity contribution < 1.29 is 33.3 Å². The zero-order valence-corrected chi connectivity index (χ0v) is 18.7. The van der Waals surface area contributed by atoms with Crippen molar-refractivity contribution >= 4 is 29.4 Å². The van der Waals surface area contributed by atoms with Crippen molar-refractivity contribution in [1.82, 2.24) is 9.78 Å². The zero-order valence-electron chi connectivity index (χ0n) is 18.0. The number of ether oxygens (including phenoxy) is 4. The summed E-state index contributed by atoms with van der Waals surface area (Å²) < 4.78 is 21.8. The molecular weight excluding hydrogens is 454 g/mol. The summed E-state index contributed by atoms with van der Waals surface area (Å²) in [5.74, 6) is -1.96. The van der Waals surface area contributed by atoms with Crippen molar-refractivity contribution in [3.63, 3.8) is 0 Å². The van der Waals surface area contributed by atoms with E-state index in [1.807, 2.05) is 0 Å². The Morgan fingerprint density at radius 3 is 2.24 bits per heavy atom. The Bertz CT molecular complexity index is 1210. The van der Waals surface area contributed by atoms with Gasteiger partial charge in [-0.15, -0.1) is 0 Å². The molecule has 0 aliphatic rings. The van der Waals surface area contributed by atoms with E-state index in [-0.39, 0.29) is 39.0 Å². The van der Waals surface area contributed by atoms with Crippen LogP contribution in [0.5, 0.6) is 11.5 Å². The van der Waals surface area contributed by atoms with Crippen LogP contribution in [0.4, 0.5) is 0 Å². The fourth-order valence-corrected chi connectivity index (χ4v) is 3.32. The Hall–Kier alpha value is -4.05. The fraction of sp³-hybridized carbons (Fsp3) is 0.182. The van der Waals surface area contributed by atoms with E-state index in [0.29, 0.717) is 5.69 Å². The molecule has 172 valence electrons. The second-order valence-electron chi connectivity index (χ2n) is 6.54. The number of hydrogen-bond acceptors (Lipinski definition) is 8. The highest BCUT2D eigenvalue weighted by molar-refractivity contribution is 6.33. The molecular formula is C22H20ClN3O7.